The maximum atomic E-state index is 13.9. The summed E-state index contributed by atoms with van der Waals surface area (Å²) < 4.78 is 12.5. The number of hydrogen-bond donors (Lipinski definition) is 1. The lowest BCUT2D eigenvalue weighted by Crippen LogP contribution is -2.45. The molecule has 36 heavy (non-hydrogen) atoms. The zero-order valence-electron chi connectivity index (χ0n) is 19.9. The first-order chi connectivity index (χ1) is 17.5. The van der Waals surface area contributed by atoms with Gasteiger partial charge in [-0.1, -0.05) is 23.4 Å². The molecule has 0 aliphatic rings. The van der Waals surface area contributed by atoms with Gasteiger partial charge in [-0.2, -0.15) is 0 Å². The van der Waals surface area contributed by atoms with Crippen LogP contribution in [-0.2, 0) is 22.7 Å². The smallest absolute Gasteiger partial charge is 0.251 e. The molecule has 9 heteroatoms. The van der Waals surface area contributed by atoms with Crippen molar-refractivity contribution in [2.45, 2.75) is 33.0 Å². The summed E-state index contributed by atoms with van der Waals surface area (Å²) in [6, 6.07) is 18.9. The fraction of sp³-hybridized carbons (Fsp3) is 0.185. The van der Waals surface area contributed by atoms with E-state index in [4.69, 9.17) is 8.83 Å². The molecule has 5 rings (SSSR count). The van der Waals surface area contributed by atoms with Crippen LogP contribution in [0.3, 0.4) is 0 Å². The Hall–Kier alpha value is -4.66. The molecule has 182 valence electrons. The largest absolute Gasteiger partial charge is 0.467 e. The first-order valence-electron chi connectivity index (χ1n) is 11.5. The van der Waals surface area contributed by atoms with Crippen molar-refractivity contribution in [3.63, 3.8) is 0 Å². The Balaban J connectivity index is 1.54. The standard InChI is InChI=1S/C27H25N5O4/c1-18-11-12-20(15-19(18)2)32(25(33)17-31-23-9-4-3-8-22(23)29-30-31)26(24-10-6-14-36-24)27(34)28-16-21-7-5-13-35-21/h3-15,26H,16-17H2,1-2H3,(H,28,34)/t26-/m0/s1. The number of rotatable bonds is 8. The van der Waals surface area contributed by atoms with E-state index in [9.17, 15) is 9.59 Å². The average Bonchev–Trinajstić information content (AvgIpc) is 3.66. The van der Waals surface area contributed by atoms with Gasteiger partial charge in [-0.25, -0.2) is 4.68 Å². The number of aromatic nitrogens is 3. The minimum atomic E-state index is -1.06. The number of nitrogens with one attached hydrogen (secondary N) is 1. The second kappa shape index (κ2) is 9.91. The molecule has 0 fully saturated rings. The van der Waals surface area contributed by atoms with E-state index in [1.165, 1.54) is 15.8 Å². The van der Waals surface area contributed by atoms with Gasteiger partial charge < -0.3 is 14.2 Å². The van der Waals surface area contributed by atoms with Crippen molar-refractivity contribution in [2.24, 2.45) is 0 Å². The van der Waals surface area contributed by atoms with E-state index in [0.717, 1.165) is 16.6 Å². The normalized spacial score (nSPS) is 11.9. The quantitative estimate of drug-likeness (QED) is 0.352. The van der Waals surface area contributed by atoms with Gasteiger partial charge in [-0.15, -0.1) is 5.10 Å². The third kappa shape index (κ3) is 4.63. The van der Waals surface area contributed by atoms with Gasteiger partial charge in [0.25, 0.3) is 5.91 Å². The lowest BCUT2D eigenvalue weighted by Gasteiger charge is -2.30. The Morgan fingerprint density at radius 3 is 2.53 bits per heavy atom. The van der Waals surface area contributed by atoms with Crippen molar-refractivity contribution in [1.29, 1.82) is 0 Å². The van der Waals surface area contributed by atoms with Crippen molar-refractivity contribution in [2.75, 3.05) is 4.90 Å². The van der Waals surface area contributed by atoms with Crippen LogP contribution in [0.15, 0.2) is 88.1 Å². The lowest BCUT2D eigenvalue weighted by atomic mass is 10.1. The van der Waals surface area contributed by atoms with Crippen LogP contribution in [0, 0.1) is 13.8 Å². The molecule has 0 unspecified atom stereocenters. The number of amides is 2. The molecule has 0 saturated heterocycles. The highest BCUT2D eigenvalue weighted by Crippen LogP contribution is 2.30. The van der Waals surface area contributed by atoms with E-state index in [0.29, 0.717) is 22.7 Å². The minimum Gasteiger partial charge on any atom is -0.467 e. The van der Waals surface area contributed by atoms with E-state index >= 15 is 0 Å². The number of para-hydroxylation sites is 1. The van der Waals surface area contributed by atoms with E-state index in [1.54, 1.807) is 30.5 Å². The molecular weight excluding hydrogens is 458 g/mol. The highest BCUT2D eigenvalue weighted by molar-refractivity contribution is 6.01. The van der Waals surface area contributed by atoms with Crippen LogP contribution in [0.25, 0.3) is 11.0 Å². The van der Waals surface area contributed by atoms with Crippen molar-refractivity contribution in [3.05, 3.63) is 102 Å². The predicted octanol–water partition coefficient (Wildman–Crippen LogP) is 4.33. The number of furan rings is 2. The lowest BCUT2D eigenvalue weighted by molar-refractivity contribution is -0.127. The van der Waals surface area contributed by atoms with Crippen molar-refractivity contribution >= 4 is 28.5 Å². The van der Waals surface area contributed by atoms with Crippen LogP contribution in [0.5, 0.6) is 0 Å². The molecule has 5 aromatic rings. The molecule has 3 heterocycles. The number of anilines is 1. The maximum Gasteiger partial charge on any atom is 0.251 e. The van der Waals surface area contributed by atoms with Gasteiger partial charge in [0.1, 0.15) is 23.6 Å². The first kappa shape index (κ1) is 23.1. The molecule has 9 nitrogen and oxygen atoms in total. The average molecular weight is 484 g/mol. The minimum absolute atomic E-state index is 0.115. The zero-order valence-corrected chi connectivity index (χ0v) is 19.9. The van der Waals surface area contributed by atoms with Crippen LogP contribution < -0.4 is 10.2 Å². The molecule has 0 radical (unpaired) electrons. The van der Waals surface area contributed by atoms with Gasteiger partial charge >= 0.3 is 0 Å². The number of nitrogens with zero attached hydrogens (tertiary/aromatic N) is 4. The van der Waals surface area contributed by atoms with Crippen molar-refractivity contribution in [3.8, 4) is 0 Å². The van der Waals surface area contributed by atoms with E-state index in [2.05, 4.69) is 15.6 Å². The summed E-state index contributed by atoms with van der Waals surface area (Å²) in [6.07, 6.45) is 3.02. The van der Waals surface area contributed by atoms with Crippen LogP contribution in [-0.4, -0.2) is 26.8 Å². The molecule has 0 bridgehead atoms. The third-order valence-electron chi connectivity index (χ3n) is 6.08. The zero-order chi connectivity index (χ0) is 25.1. The topological polar surface area (TPSA) is 106 Å². The summed E-state index contributed by atoms with van der Waals surface area (Å²) in [5, 5.41) is 11.2. The maximum absolute atomic E-state index is 13.9. The molecule has 0 aliphatic heterocycles. The fourth-order valence-electron chi connectivity index (χ4n) is 4.06. The monoisotopic (exact) mass is 483 g/mol. The number of carbonyl (C=O) groups is 2. The Kier molecular flexibility index (Phi) is 6.36. The van der Waals surface area contributed by atoms with Gasteiger partial charge in [-0.3, -0.25) is 14.5 Å². The van der Waals surface area contributed by atoms with Gasteiger partial charge in [0.2, 0.25) is 5.91 Å². The molecule has 1 N–H and O–H groups in total. The summed E-state index contributed by atoms with van der Waals surface area (Å²) in [5.74, 6) is 0.182. The molecule has 1 atom stereocenters. The number of carbonyl (C=O) groups excluding carboxylic acids is 2. The second-order valence-electron chi connectivity index (χ2n) is 8.48. The predicted molar refractivity (Wildman–Crippen MR) is 133 cm³/mol. The van der Waals surface area contributed by atoms with Crippen LogP contribution in [0.1, 0.15) is 28.7 Å². The number of fused-ring (bicyclic) bond motifs is 1. The molecule has 2 aromatic carbocycles. The summed E-state index contributed by atoms with van der Waals surface area (Å²) in [7, 11) is 0. The van der Waals surface area contributed by atoms with Crippen molar-refractivity contribution < 1.29 is 18.4 Å². The summed E-state index contributed by atoms with van der Waals surface area (Å²) in [6.45, 7) is 4.01. The summed E-state index contributed by atoms with van der Waals surface area (Å²) in [5.41, 5.74) is 4.04. The Morgan fingerprint density at radius 1 is 0.972 bits per heavy atom. The van der Waals surface area contributed by atoms with Crippen molar-refractivity contribution in [1.82, 2.24) is 20.3 Å². The van der Waals surface area contributed by atoms with Crippen LogP contribution in [0.4, 0.5) is 5.69 Å². The molecule has 3 aromatic heterocycles. The van der Waals surface area contributed by atoms with Crippen LogP contribution >= 0.6 is 0 Å². The van der Waals surface area contributed by atoms with E-state index < -0.39 is 11.9 Å². The number of benzene rings is 2. The second-order valence-corrected chi connectivity index (χ2v) is 8.48. The van der Waals surface area contributed by atoms with E-state index in [-0.39, 0.29) is 19.0 Å². The Morgan fingerprint density at radius 2 is 1.78 bits per heavy atom. The van der Waals surface area contributed by atoms with Gasteiger partial charge in [0, 0.05) is 5.69 Å². The van der Waals surface area contributed by atoms with Crippen LogP contribution in [0.2, 0.25) is 0 Å². The molecule has 0 spiro atoms. The number of aryl methyl sites for hydroxylation is 2. The fourth-order valence-corrected chi connectivity index (χ4v) is 4.06. The highest BCUT2D eigenvalue weighted by atomic mass is 16.3. The first-order valence-corrected chi connectivity index (χ1v) is 11.5. The molecule has 2 amide bonds. The highest BCUT2D eigenvalue weighted by Gasteiger charge is 2.35. The molecular formula is C27H25N5O4. The van der Waals surface area contributed by atoms with Gasteiger partial charge in [-0.05, 0) is 73.5 Å². The molecule has 0 aliphatic carbocycles. The van der Waals surface area contributed by atoms with Gasteiger partial charge in [0.15, 0.2) is 6.04 Å². The van der Waals surface area contributed by atoms with E-state index in [1.807, 2.05) is 56.3 Å². The third-order valence-corrected chi connectivity index (χ3v) is 6.08. The van der Waals surface area contributed by atoms with Gasteiger partial charge in [0.05, 0.1) is 24.6 Å². The Labute approximate surface area is 207 Å². The summed E-state index contributed by atoms with van der Waals surface area (Å²) in [4.78, 5) is 29.0. The molecule has 0 saturated carbocycles. The summed E-state index contributed by atoms with van der Waals surface area (Å²) >= 11 is 0. The SMILES string of the molecule is Cc1ccc(N(C(=O)Cn2nnc3ccccc32)[C@H](C(=O)NCc2ccco2)c2ccco2)cc1C. The Bertz CT molecular complexity index is 1490. The number of hydrogen-bond acceptors (Lipinski definition) is 6.